The number of carbonyl (C=O) groups excluding carboxylic acids is 1. The molecule has 1 aliphatic carbocycles. The van der Waals surface area contributed by atoms with Crippen molar-refractivity contribution in [3.8, 4) is 0 Å². The third kappa shape index (κ3) is 3.61. The van der Waals surface area contributed by atoms with Crippen molar-refractivity contribution in [2.75, 3.05) is 6.67 Å². The molecule has 0 aliphatic heterocycles. The van der Waals surface area contributed by atoms with Gasteiger partial charge in [0.2, 0.25) is 0 Å². The van der Waals surface area contributed by atoms with Crippen molar-refractivity contribution in [3.63, 3.8) is 0 Å². The van der Waals surface area contributed by atoms with Crippen LogP contribution in [0.5, 0.6) is 0 Å². The smallest absolute Gasteiger partial charge is 0.310 e. The summed E-state index contributed by atoms with van der Waals surface area (Å²) in [4.78, 5) is 12.6. The van der Waals surface area contributed by atoms with Gasteiger partial charge in [0.05, 0.1) is 12.6 Å². The predicted octanol–water partition coefficient (Wildman–Crippen LogP) is 6.74. The van der Waals surface area contributed by atoms with Crippen LogP contribution in [0.4, 0.5) is 8.78 Å². The molecule has 0 radical (unpaired) electrons. The van der Waals surface area contributed by atoms with Gasteiger partial charge in [0, 0.05) is 9.89 Å². The highest BCUT2D eigenvalue weighted by atomic mass is 79.9. The van der Waals surface area contributed by atoms with Crippen molar-refractivity contribution >= 4 is 21.9 Å². The molecule has 0 spiro atoms. The summed E-state index contributed by atoms with van der Waals surface area (Å²) in [6.45, 7) is 6.74. The van der Waals surface area contributed by atoms with Gasteiger partial charge in [-0.15, -0.1) is 0 Å². The molecule has 2 aromatic carbocycles. The number of esters is 1. The Labute approximate surface area is 173 Å². The summed E-state index contributed by atoms with van der Waals surface area (Å²) >= 11 is 3.35. The molecule has 2 nitrogen and oxygen atoms in total. The number of benzene rings is 2. The van der Waals surface area contributed by atoms with Crippen LogP contribution in [0.2, 0.25) is 0 Å². The molecule has 0 aromatic heterocycles. The molecule has 2 aromatic rings. The molecule has 5 heteroatoms. The van der Waals surface area contributed by atoms with Gasteiger partial charge in [0.25, 0.3) is 0 Å². The van der Waals surface area contributed by atoms with E-state index in [1.165, 1.54) is 0 Å². The number of hydrogen-bond donors (Lipinski definition) is 0. The monoisotopic (exact) mass is 450 g/mol. The molecule has 4 atom stereocenters. The van der Waals surface area contributed by atoms with Crippen LogP contribution in [0.3, 0.4) is 0 Å². The average molecular weight is 451 g/mol. The zero-order valence-corrected chi connectivity index (χ0v) is 18.1. The van der Waals surface area contributed by atoms with E-state index in [0.717, 1.165) is 4.47 Å². The first kappa shape index (κ1) is 21.0. The summed E-state index contributed by atoms with van der Waals surface area (Å²) < 4.78 is 34.8. The zero-order valence-electron chi connectivity index (χ0n) is 16.5. The standard InChI is InChI=1S/C23H25BrF2O2/c1-14(28-21(27)20-22(2,3)23(20,4)13-25)16-6-5-7-17(12-16)19(26)15-8-10-18(24)11-9-15/h5-12,14,19-20H,13H2,1-4H3. The van der Waals surface area contributed by atoms with E-state index < -0.39 is 41.7 Å². The van der Waals surface area contributed by atoms with E-state index >= 15 is 0 Å². The van der Waals surface area contributed by atoms with Crippen molar-refractivity contribution in [1.82, 2.24) is 0 Å². The lowest BCUT2D eigenvalue weighted by Gasteiger charge is -2.17. The molecule has 1 aliphatic rings. The molecular formula is C23H25BrF2O2. The summed E-state index contributed by atoms with van der Waals surface area (Å²) in [7, 11) is 0. The van der Waals surface area contributed by atoms with Crippen molar-refractivity contribution in [1.29, 1.82) is 0 Å². The van der Waals surface area contributed by atoms with Gasteiger partial charge in [-0.25, -0.2) is 4.39 Å². The Morgan fingerprint density at radius 1 is 1.11 bits per heavy atom. The van der Waals surface area contributed by atoms with Crippen LogP contribution in [0.15, 0.2) is 53.0 Å². The molecule has 3 rings (SSSR count). The van der Waals surface area contributed by atoms with E-state index in [9.17, 15) is 13.6 Å². The van der Waals surface area contributed by atoms with E-state index in [2.05, 4.69) is 15.9 Å². The van der Waals surface area contributed by atoms with Crippen molar-refractivity contribution in [2.45, 2.75) is 40.0 Å². The van der Waals surface area contributed by atoms with Gasteiger partial charge in [-0.3, -0.25) is 9.18 Å². The maximum atomic E-state index is 14.9. The summed E-state index contributed by atoms with van der Waals surface area (Å²) in [6.07, 6.45) is -1.81. The minimum absolute atomic E-state index is 0.396. The van der Waals surface area contributed by atoms with Crippen LogP contribution in [0.1, 0.15) is 56.7 Å². The van der Waals surface area contributed by atoms with E-state index in [4.69, 9.17) is 4.74 Å². The van der Waals surface area contributed by atoms with E-state index in [1.807, 2.05) is 19.9 Å². The fourth-order valence-electron chi connectivity index (χ4n) is 3.98. The lowest BCUT2D eigenvalue weighted by molar-refractivity contribution is -0.151. The van der Waals surface area contributed by atoms with Gasteiger partial charge in [-0.2, -0.15) is 0 Å². The second-order valence-electron chi connectivity index (χ2n) is 8.37. The Bertz CT molecular complexity index is 865. The van der Waals surface area contributed by atoms with Crippen LogP contribution >= 0.6 is 15.9 Å². The summed E-state index contributed by atoms with van der Waals surface area (Å²) in [6, 6.07) is 14.1. The van der Waals surface area contributed by atoms with E-state index in [-0.39, 0.29) is 0 Å². The number of ether oxygens (including phenoxy) is 1. The number of carbonyl (C=O) groups is 1. The Balaban J connectivity index is 1.73. The molecule has 1 fully saturated rings. The van der Waals surface area contributed by atoms with Gasteiger partial charge in [0.1, 0.15) is 6.10 Å². The molecule has 0 bridgehead atoms. The maximum absolute atomic E-state index is 14.9. The van der Waals surface area contributed by atoms with Crippen LogP contribution in [0, 0.1) is 16.7 Å². The topological polar surface area (TPSA) is 26.3 Å². The van der Waals surface area contributed by atoms with Crippen LogP contribution in [0.25, 0.3) is 0 Å². The number of halogens is 3. The normalized spacial score (nSPS) is 25.0. The quantitative estimate of drug-likeness (QED) is 0.455. The van der Waals surface area contributed by atoms with Crippen molar-refractivity contribution in [2.24, 2.45) is 16.7 Å². The molecule has 4 unspecified atom stereocenters. The van der Waals surface area contributed by atoms with Gasteiger partial charge in [-0.05, 0) is 47.2 Å². The lowest BCUT2D eigenvalue weighted by Crippen LogP contribution is -2.15. The van der Waals surface area contributed by atoms with Gasteiger partial charge < -0.3 is 4.74 Å². The average Bonchev–Trinajstić information content (AvgIpc) is 3.14. The molecule has 1 saturated carbocycles. The highest BCUT2D eigenvalue weighted by Crippen LogP contribution is 2.69. The highest BCUT2D eigenvalue weighted by molar-refractivity contribution is 9.10. The second kappa shape index (κ2) is 7.58. The highest BCUT2D eigenvalue weighted by Gasteiger charge is 2.72. The minimum atomic E-state index is -1.27. The Kier molecular flexibility index (Phi) is 5.68. The minimum Gasteiger partial charge on any atom is -0.458 e. The first-order chi connectivity index (χ1) is 13.1. The molecule has 0 heterocycles. The molecule has 0 saturated heterocycles. The first-order valence-corrected chi connectivity index (χ1v) is 10.2. The maximum Gasteiger partial charge on any atom is 0.310 e. The molecule has 150 valence electrons. The third-order valence-corrected chi connectivity index (χ3v) is 6.92. The number of rotatable bonds is 6. The zero-order chi connectivity index (χ0) is 20.7. The lowest BCUT2D eigenvalue weighted by atomic mass is 9.99. The largest absolute Gasteiger partial charge is 0.458 e. The number of alkyl halides is 2. The Morgan fingerprint density at radius 2 is 1.71 bits per heavy atom. The fourth-order valence-corrected chi connectivity index (χ4v) is 4.24. The summed E-state index contributed by atoms with van der Waals surface area (Å²) in [5, 5.41) is 0. The van der Waals surface area contributed by atoms with Gasteiger partial charge in [0.15, 0.2) is 6.17 Å². The SMILES string of the molecule is CC(OC(=O)C1C(C)(C)C1(C)CF)c1cccc(C(F)c2ccc(Br)cc2)c1. The Morgan fingerprint density at radius 3 is 2.29 bits per heavy atom. The van der Waals surface area contributed by atoms with Gasteiger partial charge in [-0.1, -0.05) is 67.0 Å². The van der Waals surface area contributed by atoms with Gasteiger partial charge >= 0.3 is 5.97 Å². The summed E-state index contributed by atoms with van der Waals surface area (Å²) in [5.41, 5.74) is 0.668. The first-order valence-electron chi connectivity index (χ1n) is 9.37. The summed E-state index contributed by atoms with van der Waals surface area (Å²) in [5.74, 6) is -0.861. The molecular weight excluding hydrogens is 426 g/mol. The Hall–Kier alpha value is -1.75. The second-order valence-corrected chi connectivity index (χ2v) is 9.28. The van der Waals surface area contributed by atoms with Crippen molar-refractivity contribution in [3.05, 3.63) is 69.7 Å². The van der Waals surface area contributed by atoms with E-state index in [0.29, 0.717) is 16.7 Å². The number of hydrogen-bond acceptors (Lipinski definition) is 2. The van der Waals surface area contributed by atoms with Crippen LogP contribution < -0.4 is 0 Å². The van der Waals surface area contributed by atoms with Crippen LogP contribution in [-0.2, 0) is 9.53 Å². The predicted molar refractivity (Wildman–Crippen MR) is 109 cm³/mol. The van der Waals surface area contributed by atoms with Crippen molar-refractivity contribution < 1.29 is 18.3 Å². The third-order valence-electron chi connectivity index (χ3n) is 6.39. The molecule has 28 heavy (non-hydrogen) atoms. The van der Waals surface area contributed by atoms with Crippen LogP contribution in [-0.4, -0.2) is 12.6 Å². The molecule has 0 amide bonds. The fraction of sp³-hybridized carbons (Fsp3) is 0.435. The molecule has 0 N–H and O–H groups in total. The van der Waals surface area contributed by atoms with E-state index in [1.54, 1.807) is 56.3 Å².